The number of fused-ring (bicyclic) bond motifs is 3. The van der Waals surface area contributed by atoms with Crippen LogP contribution in [0.4, 0.5) is 14.9 Å². The molecular formula is C20H18FN5O2. The SMILES string of the molecule is CC[C@@H]1OC(=O)N2c3ccc(-c4ccc(-n5cc(CF)nn5)nc4)cc3C[C@@H]12. The molecule has 4 heterocycles. The lowest BCUT2D eigenvalue weighted by atomic mass is 10.0. The van der Waals surface area contributed by atoms with E-state index in [1.807, 2.05) is 31.2 Å². The molecule has 2 aromatic heterocycles. The van der Waals surface area contributed by atoms with Gasteiger partial charge in [0.15, 0.2) is 5.82 Å². The summed E-state index contributed by atoms with van der Waals surface area (Å²) >= 11 is 0. The monoisotopic (exact) mass is 379 g/mol. The number of carbonyl (C=O) groups is 1. The lowest BCUT2D eigenvalue weighted by Crippen LogP contribution is -2.32. The molecule has 3 aromatic rings. The molecule has 7 nitrogen and oxygen atoms in total. The number of carbonyl (C=O) groups excluding carboxylic acids is 1. The molecule has 2 atom stereocenters. The average Bonchev–Trinajstić information content (AvgIpc) is 3.42. The molecule has 0 saturated carbocycles. The van der Waals surface area contributed by atoms with Gasteiger partial charge in [-0.1, -0.05) is 18.2 Å². The van der Waals surface area contributed by atoms with Crippen LogP contribution in [0.1, 0.15) is 24.6 Å². The third-order valence-corrected chi connectivity index (χ3v) is 5.37. The maximum Gasteiger partial charge on any atom is 0.415 e. The summed E-state index contributed by atoms with van der Waals surface area (Å²) in [5, 5.41) is 7.61. The number of ether oxygens (including phenoxy) is 1. The van der Waals surface area contributed by atoms with Gasteiger partial charge in [0.05, 0.1) is 17.9 Å². The van der Waals surface area contributed by atoms with Gasteiger partial charge in [-0.25, -0.2) is 18.9 Å². The summed E-state index contributed by atoms with van der Waals surface area (Å²) in [6, 6.07) is 9.92. The highest BCUT2D eigenvalue weighted by atomic mass is 19.1. The van der Waals surface area contributed by atoms with E-state index in [2.05, 4.69) is 21.4 Å². The zero-order valence-corrected chi connectivity index (χ0v) is 15.2. The molecule has 0 aliphatic carbocycles. The van der Waals surface area contributed by atoms with Crippen molar-refractivity contribution in [3.8, 4) is 16.9 Å². The van der Waals surface area contributed by atoms with E-state index >= 15 is 0 Å². The second-order valence-electron chi connectivity index (χ2n) is 7.01. The van der Waals surface area contributed by atoms with Gasteiger partial charge in [-0.15, -0.1) is 5.10 Å². The summed E-state index contributed by atoms with van der Waals surface area (Å²) in [6.07, 6.45) is 4.58. The van der Waals surface area contributed by atoms with Crippen LogP contribution in [0, 0.1) is 0 Å². The van der Waals surface area contributed by atoms with E-state index in [0.29, 0.717) is 5.82 Å². The molecule has 2 aliphatic rings. The summed E-state index contributed by atoms with van der Waals surface area (Å²) in [6.45, 7) is 1.38. The highest BCUT2D eigenvalue weighted by molar-refractivity contribution is 5.94. The fraction of sp³-hybridized carbons (Fsp3) is 0.300. The second-order valence-corrected chi connectivity index (χ2v) is 7.01. The number of hydrogen-bond acceptors (Lipinski definition) is 5. The molecule has 1 aromatic carbocycles. The topological polar surface area (TPSA) is 73.1 Å². The van der Waals surface area contributed by atoms with Crippen LogP contribution in [0.5, 0.6) is 0 Å². The van der Waals surface area contributed by atoms with Crippen molar-refractivity contribution < 1.29 is 13.9 Å². The summed E-state index contributed by atoms with van der Waals surface area (Å²) in [5.74, 6) is 0.575. The summed E-state index contributed by atoms with van der Waals surface area (Å²) in [4.78, 5) is 18.4. The van der Waals surface area contributed by atoms with Crippen LogP contribution in [0.3, 0.4) is 0 Å². The fourth-order valence-electron chi connectivity index (χ4n) is 3.97. The maximum atomic E-state index is 12.6. The zero-order valence-electron chi connectivity index (χ0n) is 15.2. The molecule has 0 unspecified atom stereocenters. The number of aromatic nitrogens is 4. The van der Waals surface area contributed by atoms with E-state index in [-0.39, 0.29) is 23.9 Å². The maximum absolute atomic E-state index is 12.6. The number of cyclic esters (lactones) is 1. The van der Waals surface area contributed by atoms with Crippen molar-refractivity contribution in [3.05, 3.63) is 54.0 Å². The Bertz CT molecular complexity index is 1050. The van der Waals surface area contributed by atoms with Crippen molar-refractivity contribution in [1.82, 2.24) is 20.0 Å². The van der Waals surface area contributed by atoms with Crippen LogP contribution in [0.25, 0.3) is 16.9 Å². The first-order chi connectivity index (χ1) is 13.7. The Labute approximate surface area is 160 Å². The molecule has 0 N–H and O–H groups in total. The Morgan fingerprint density at radius 1 is 1.25 bits per heavy atom. The lowest BCUT2D eigenvalue weighted by molar-refractivity contribution is 0.129. The summed E-state index contributed by atoms with van der Waals surface area (Å²) in [7, 11) is 0. The van der Waals surface area contributed by atoms with Crippen molar-refractivity contribution in [1.29, 1.82) is 0 Å². The highest BCUT2D eigenvalue weighted by Gasteiger charge is 2.46. The van der Waals surface area contributed by atoms with Crippen LogP contribution >= 0.6 is 0 Å². The number of hydrogen-bond donors (Lipinski definition) is 0. The Morgan fingerprint density at radius 2 is 2.11 bits per heavy atom. The van der Waals surface area contributed by atoms with Gasteiger partial charge in [0, 0.05) is 11.8 Å². The van der Waals surface area contributed by atoms with Crippen LogP contribution in [0.2, 0.25) is 0 Å². The van der Waals surface area contributed by atoms with E-state index in [9.17, 15) is 9.18 Å². The second kappa shape index (κ2) is 6.40. The molecule has 2 aliphatic heterocycles. The number of anilines is 1. The third-order valence-electron chi connectivity index (χ3n) is 5.37. The summed E-state index contributed by atoms with van der Waals surface area (Å²) in [5.41, 5.74) is 4.34. The number of alkyl halides is 1. The first-order valence-corrected chi connectivity index (χ1v) is 9.24. The zero-order chi connectivity index (χ0) is 19.3. The minimum atomic E-state index is -0.655. The van der Waals surface area contributed by atoms with E-state index in [1.165, 1.54) is 10.9 Å². The van der Waals surface area contributed by atoms with Gasteiger partial charge in [0.1, 0.15) is 18.5 Å². The molecule has 8 heteroatoms. The first kappa shape index (κ1) is 16.9. The molecule has 5 rings (SSSR count). The standard InChI is InChI=1S/C20H18FN5O2/c1-2-18-17-8-14-7-12(3-5-16(14)26(17)20(27)28-18)13-4-6-19(22-10-13)25-11-15(9-21)23-24-25/h3-7,10-11,17-18H,2,8-9H2,1H3/t17-,18-/m0/s1. The van der Waals surface area contributed by atoms with Gasteiger partial charge in [0.2, 0.25) is 0 Å². The largest absolute Gasteiger partial charge is 0.444 e. The fourth-order valence-corrected chi connectivity index (χ4v) is 3.97. The molecule has 0 radical (unpaired) electrons. The predicted molar refractivity (Wildman–Crippen MR) is 99.9 cm³/mol. The number of benzene rings is 1. The smallest absolute Gasteiger partial charge is 0.415 e. The number of rotatable bonds is 4. The number of pyridine rings is 1. The van der Waals surface area contributed by atoms with Crippen molar-refractivity contribution in [2.75, 3.05) is 4.90 Å². The van der Waals surface area contributed by atoms with Gasteiger partial charge in [-0.05, 0) is 48.2 Å². The van der Waals surface area contributed by atoms with Crippen LogP contribution in [-0.4, -0.2) is 38.2 Å². The Kier molecular flexibility index (Phi) is 3.85. The molecule has 1 saturated heterocycles. The Hall–Kier alpha value is -3.29. The van der Waals surface area contributed by atoms with Crippen molar-refractivity contribution >= 4 is 11.8 Å². The molecule has 0 spiro atoms. The van der Waals surface area contributed by atoms with Crippen LogP contribution in [-0.2, 0) is 17.8 Å². The van der Waals surface area contributed by atoms with Gasteiger partial charge in [-0.2, -0.15) is 0 Å². The molecular weight excluding hydrogens is 361 g/mol. The lowest BCUT2D eigenvalue weighted by Gasteiger charge is -2.15. The van der Waals surface area contributed by atoms with Gasteiger partial charge >= 0.3 is 6.09 Å². The highest BCUT2D eigenvalue weighted by Crippen LogP contribution is 2.41. The van der Waals surface area contributed by atoms with Crippen LogP contribution < -0.4 is 4.90 Å². The molecule has 0 bridgehead atoms. The van der Waals surface area contributed by atoms with Gasteiger partial charge < -0.3 is 4.74 Å². The van der Waals surface area contributed by atoms with E-state index in [4.69, 9.17) is 4.74 Å². The average molecular weight is 379 g/mol. The molecule has 1 amide bonds. The third kappa shape index (κ3) is 2.56. The van der Waals surface area contributed by atoms with Crippen molar-refractivity contribution in [2.24, 2.45) is 0 Å². The number of amides is 1. The molecule has 1 fully saturated rings. The van der Waals surface area contributed by atoms with E-state index in [1.54, 1.807) is 11.1 Å². The normalized spacial score (nSPS) is 20.2. The summed E-state index contributed by atoms with van der Waals surface area (Å²) < 4.78 is 19.5. The minimum Gasteiger partial charge on any atom is -0.444 e. The predicted octanol–water partition coefficient (Wildman–Crippen LogP) is 3.46. The number of nitrogens with zero attached hydrogens (tertiary/aromatic N) is 5. The van der Waals surface area contributed by atoms with Crippen LogP contribution in [0.15, 0.2) is 42.7 Å². The van der Waals surface area contributed by atoms with Gasteiger partial charge in [-0.3, -0.25) is 4.90 Å². The van der Waals surface area contributed by atoms with E-state index < -0.39 is 6.67 Å². The molecule has 28 heavy (non-hydrogen) atoms. The van der Waals surface area contributed by atoms with E-state index in [0.717, 1.165) is 35.2 Å². The van der Waals surface area contributed by atoms with Gasteiger partial charge in [0.25, 0.3) is 0 Å². The number of halogens is 1. The first-order valence-electron chi connectivity index (χ1n) is 9.24. The van der Waals surface area contributed by atoms with Crippen molar-refractivity contribution in [2.45, 2.75) is 38.6 Å². The quantitative estimate of drug-likeness (QED) is 0.694. The molecule has 142 valence electrons. The van der Waals surface area contributed by atoms with Crippen molar-refractivity contribution in [3.63, 3.8) is 0 Å². The Morgan fingerprint density at radius 3 is 2.82 bits per heavy atom. The Balaban J connectivity index is 1.43. The minimum absolute atomic E-state index is 0.0545.